The van der Waals surface area contributed by atoms with E-state index in [0.29, 0.717) is 24.5 Å². The molecule has 0 saturated heterocycles. The van der Waals surface area contributed by atoms with E-state index in [4.69, 9.17) is 14.2 Å². The van der Waals surface area contributed by atoms with E-state index in [9.17, 15) is 4.79 Å². The molecule has 0 aliphatic rings. The minimum atomic E-state index is -0.596. The van der Waals surface area contributed by atoms with E-state index in [0.717, 1.165) is 5.56 Å². The third-order valence-electron chi connectivity index (χ3n) is 2.51. The molecule has 0 radical (unpaired) electrons. The van der Waals surface area contributed by atoms with Gasteiger partial charge in [-0.25, -0.2) is 4.79 Å². The molecule has 4 heteroatoms. The molecule has 1 aromatic rings. The lowest BCUT2D eigenvalue weighted by Crippen LogP contribution is -2.28. The van der Waals surface area contributed by atoms with Gasteiger partial charge in [0.05, 0.1) is 13.7 Å². The normalized spacial score (nSPS) is 11.8. The summed E-state index contributed by atoms with van der Waals surface area (Å²) in [5, 5.41) is 0. The molecule has 1 rings (SSSR count). The van der Waals surface area contributed by atoms with Crippen molar-refractivity contribution in [1.82, 2.24) is 0 Å². The summed E-state index contributed by atoms with van der Waals surface area (Å²) in [6.45, 7) is 5.97. The highest BCUT2D eigenvalue weighted by Crippen LogP contribution is 2.29. The van der Waals surface area contributed by atoms with Crippen LogP contribution in [0.3, 0.4) is 0 Å². The van der Waals surface area contributed by atoms with Gasteiger partial charge < -0.3 is 14.2 Å². The van der Waals surface area contributed by atoms with Crippen molar-refractivity contribution in [3.8, 4) is 11.5 Å². The number of hydrogen-bond acceptors (Lipinski definition) is 4. The molecule has 0 saturated carbocycles. The van der Waals surface area contributed by atoms with Gasteiger partial charge >= 0.3 is 5.97 Å². The number of ether oxygens (including phenoxy) is 3. The van der Waals surface area contributed by atoms with Gasteiger partial charge in [0.1, 0.15) is 0 Å². The molecular weight excluding hydrogens is 232 g/mol. The minimum Gasteiger partial charge on any atom is -0.493 e. The standard InChI is InChI=1S/C14H20O4/c1-5-11(14(15)17-6-2)18-12-8-7-10(3)9-13(12)16-4/h7-9,11H,5-6H2,1-4H3. The number of carbonyl (C=O) groups excluding carboxylic acids is 1. The Hall–Kier alpha value is -1.71. The largest absolute Gasteiger partial charge is 0.493 e. The maximum Gasteiger partial charge on any atom is 0.347 e. The van der Waals surface area contributed by atoms with E-state index in [-0.39, 0.29) is 5.97 Å². The van der Waals surface area contributed by atoms with Crippen LogP contribution >= 0.6 is 0 Å². The summed E-state index contributed by atoms with van der Waals surface area (Å²) < 4.78 is 15.8. The lowest BCUT2D eigenvalue weighted by atomic mass is 10.2. The molecule has 0 bridgehead atoms. The number of hydrogen-bond donors (Lipinski definition) is 0. The Morgan fingerprint density at radius 3 is 2.56 bits per heavy atom. The molecule has 0 spiro atoms. The van der Waals surface area contributed by atoms with Crippen LogP contribution in [0, 0.1) is 6.92 Å². The predicted molar refractivity (Wildman–Crippen MR) is 69.1 cm³/mol. The molecule has 1 aromatic carbocycles. The number of methoxy groups -OCH3 is 1. The summed E-state index contributed by atoms with van der Waals surface area (Å²) in [6, 6.07) is 5.58. The lowest BCUT2D eigenvalue weighted by Gasteiger charge is -2.18. The van der Waals surface area contributed by atoms with Crippen LogP contribution in [0.15, 0.2) is 18.2 Å². The lowest BCUT2D eigenvalue weighted by molar-refractivity contribution is -0.151. The zero-order valence-corrected chi connectivity index (χ0v) is 11.4. The quantitative estimate of drug-likeness (QED) is 0.730. The Labute approximate surface area is 108 Å². The average molecular weight is 252 g/mol. The molecule has 0 aromatic heterocycles. The summed E-state index contributed by atoms with van der Waals surface area (Å²) in [4.78, 5) is 11.7. The number of benzene rings is 1. The molecule has 0 aliphatic heterocycles. The van der Waals surface area contributed by atoms with Crippen molar-refractivity contribution in [2.75, 3.05) is 13.7 Å². The number of rotatable bonds is 6. The fraction of sp³-hybridized carbons (Fsp3) is 0.500. The second kappa shape index (κ2) is 6.89. The molecular formula is C14H20O4. The van der Waals surface area contributed by atoms with Gasteiger partial charge in [-0.05, 0) is 38.0 Å². The number of aryl methyl sites for hydroxylation is 1. The van der Waals surface area contributed by atoms with E-state index in [1.807, 2.05) is 26.0 Å². The first-order chi connectivity index (χ1) is 8.62. The molecule has 4 nitrogen and oxygen atoms in total. The molecule has 0 amide bonds. The van der Waals surface area contributed by atoms with Crippen LogP contribution in [0.1, 0.15) is 25.8 Å². The van der Waals surface area contributed by atoms with Gasteiger partial charge in [0.15, 0.2) is 17.6 Å². The summed E-state index contributed by atoms with van der Waals surface area (Å²) in [6.07, 6.45) is -0.0443. The van der Waals surface area contributed by atoms with E-state index >= 15 is 0 Å². The van der Waals surface area contributed by atoms with Crippen LogP contribution in [0.4, 0.5) is 0 Å². The van der Waals surface area contributed by atoms with Crippen molar-refractivity contribution in [3.63, 3.8) is 0 Å². The maximum atomic E-state index is 11.7. The highest BCUT2D eigenvalue weighted by Gasteiger charge is 2.21. The van der Waals surface area contributed by atoms with Crippen LogP contribution in [-0.2, 0) is 9.53 Å². The first-order valence-electron chi connectivity index (χ1n) is 6.10. The average Bonchev–Trinajstić information content (AvgIpc) is 2.37. The Morgan fingerprint density at radius 1 is 1.28 bits per heavy atom. The zero-order chi connectivity index (χ0) is 13.5. The molecule has 0 fully saturated rings. The second-order valence-electron chi connectivity index (χ2n) is 3.92. The van der Waals surface area contributed by atoms with Gasteiger partial charge in [-0.2, -0.15) is 0 Å². The van der Waals surface area contributed by atoms with E-state index < -0.39 is 6.10 Å². The predicted octanol–water partition coefficient (Wildman–Crippen LogP) is 2.72. The van der Waals surface area contributed by atoms with Crippen LogP contribution in [0.5, 0.6) is 11.5 Å². The highest BCUT2D eigenvalue weighted by atomic mass is 16.6. The Kier molecular flexibility index (Phi) is 5.49. The van der Waals surface area contributed by atoms with Crippen LogP contribution in [0.2, 0.25) is 0 Å². The van der Waals surface area contributed by atoms with E-state index in [2.05, 4.69) is 0 Å². The van der Waals surface area contributed by atoms with Gasteiger partial charge in [0, 0.05) is 0 Å². The van der Waals surface area contributed by atoms with Crippen molar-refractivity contribution >= 4 is 5.97 Å². The van der Waals surface area contributed by atoms with Crippen LogP contribution in [0.25, 0.3) is 0 Å². The number of carbonyl (C=O) groups is 1. The molecule has 0 N–H and O–H groups in total. The van der Waals surface area contributed by atoms with Gasteiger partial charge in [-0.15, -0.1) is 0 Å². The van der Waals surface area contributed by atoms with E-state index in [1.54, 1.807) is 20.1 Å². The summed E-state index contributed by atoms with van der Waals surface area (Å²) >= 11 is 0. The van der Waals surface area contributed by atoms with Crippen molar-refractivity contribution in [1.29, 1.82) is 0 Å². The van der Waals surface area contributed by atoms with Crippen LogP contribution in [-0.4, -0.2) is 25.8 Å². The third-order valence-corrected chi connectivity index (χ3v) is 2.51. The topological polar surface area (TPSA) is 44.8 Å². The molecule has 1 atom stereocenters. The Balaban J connectivity index is 2.84. The molecule has 0 aliphatic carbocycles. The molecule has 18 heavy (non-hydrogen) atoms. The Morgan fingerprint density at radius 2 is 2.00 bits per heavy atom. The smallest absolute Gasteiger partial charge is 0.347 e. The Bertz CT molecular complexity index is 401. The molecule has 0 heterocycles. The van der Waals surface area contributed by atoms with Crippen molar-refractivity contribution in [3.05, 3.63) is 23.8 Å². The van der Waals surface area contributed by atoms with Crippen molar-refractivity contribution < 1.29 is 19.0 Å². The third kappa shape index (κ3) is 3.65. The van der Waals surface area contributed by atoms with Gasteiger partial charge in [0.2, 0.25) is 0 Å². The van der Waals surface area contributed by atoms with Gasteiger partial charge in [0.25, 0.3) is 0 Å². The zero-order valence-electron chi connectivity index (χ0n) is 11.4. The fourth-order valence-corrected chi connectivity index (χ4v) is 1.56. The van der Waals surface area contributed by atoms with E-state index in [1.165, 1.54) is 0 Å². The fourth-order valence-electron chi connectivity index (χ4n) is 1.56. The van der Waals surface area contributed by atoms with Gasteiger partial charge in [-0.3, -0.25) is 0 Å². The second-order valence-corrected chi connectivity index (χ2v) is 3.92. The maximum absolute atomic E-state index is 11.7. The highest BCUT2D eigenvalue weighted by molar-refractivity contribution is 5.75. The first-order valence-corrected chi connectivity index (χ1v) is 6.10. The molecule has 100 valence electrons. The number of esters is 1. The minimum absolute atomic E-state index is 0.345. The molecule has 1 unspecified atom stereocenters. The summed E-state index contributed by atoms with van der Waals surface area (Å²) in [7, 11) is 1.58. The van der Waals surface area contributed by atoms with Gasteiger partial charge in [-0.1, -0.05) is 13.0 Å². The van der Waals surface area contributed by atoms with Crippen molar-refractivity contribution in [2.24, 2.45) is 0 Å². The summed E-state index contributed by atoms with van der Waals surface area (Å²) in [5.41, 5.74) is 1.07. The SMILES string of the molecule is CCOC(=O)C(CC)Oc1ccc(C)cc1OC. The first kappa shape index (κ1) is 14.4. The van der Waals surface area contributed by atoms with Crippen LogP contribution < -0.4 is 9.47 Å². The monoisotopic (exact) mass is 252 g/mol. The van der Waals surface area contributed by atoms with Crippen molar-refractivity contribution in [2.45, 2.75) is 33.3 Å². The summed E-state index contributed by atoms with van der Waals surface area (Å²) in [5.74, 6) is 0.836.